The quantitative estimate of drug-likeness (QED) is 0.632. The molecule has 4 rings (SSSR count). The SMILES string of the molecule is NC(=O)c1nc(-c2ccccc2)n(-c2cnccc2N2CCC[C@H](N)C2)c1N. The molecule has 0 aliphatic carbocycles. The molecule has 1 aliphatic rings. The molecule has 3 heterocycles. The van der Waals surface area contributed by atoms with E-state index in [-0.39, 0.29) is 17.6 Å². The minimum Gasteiger partial charge on any atom is -0.383 e. The van der Waals surface area contributed by atoms with E-state index in [4.69, 9.17) is 17.2 Å². The van der Waals surface area contributed by atoms with E-state index in [0.717, 1.165) is 42.9 Å². The maximum atomic E-state index is 11.9. The van der Waals surface area contributed by atoms with Gasteiger partial charge in [-0.3, -0.25) is 14.3 Å². The zero-order valence-electron chi connectivity index (χ0n) is 15.5. The van der Waals surface area contributed by atoms with Crippen molar-refractivity contribution < 1.29 is 4.79 Å². The Morgan fingerprint density at radius 3 is 2.64 bits per heavy atom. The fourth-order valence-corrected chi connectivity index (χ4v) is 3.69. The minimum absolute atomic E-state index is 0.0454. The molecule has 3 aromatic rings. The molecule has 1 saturated heterocycles. The molecule has 8 heteroatoms. The average Bonchev–Trinajstić information content (AvgIpc) is 3.06. The summed E-state index contributed by atoms with van der Waals surface area (Å²) >= 11 is 0. The molecule has 1 atom stereocenters. The summed E-state index contributed by atoms with van der Waals surface area (Å²) in [5, 5.41) is 0. The van der Waals surface area contributed by atoms with E-state index in [1.54, 1.807) is 17.0 Å². The molecule has 6 N–H and O–H groups in total. The van der Waals surface area contributed by atoms with Crippen LogP contribution in [0.5, 0.6) is 0 Å². The van der Waals surface area contributed by atoms with Crippen LogP contribution in [0.3, 0.4) is 0 Å². The van der Waals surface area contributed by atoms with Crippen LogP contribution in [0.4, 0.5) is 11.5 Å². The molecule has 1 aromatic carbocycles. The molecular weight excluding hydrogens is 354 g/mol. The number of hydrogen-bond donors (Lipinski definition) is 3. The Labute approximate surface area is 163 Å². The third-order valence-electron chi connectivity index (χ3n) is 5.00. The highest BCUT2D eigenvalue weighted by molar-refractivity contribution is 5.97. The highest BCUT2D eigenvalue weighted by atomic mass is 16.1. The van der Waals surface area contributed by atoms with Gasteiger partial charge < -0.3 is 22.1 Å². The fourth-order valence-electron chi connectivity index (χ4n) is 3.69. The molecule has 144 valence electrons. The number of nitrogens with zero attached hydrogens (tertiary/aromatic N) is 4. The summed E-state index contributed by atoms with van der Waals surface area (Å²) in [4.78, 5) is 22.9. The van der Waals surface area contributed by atoms with E-state index in [0.29, 0.717) is 5.82 Å². The first-order valence-electron chi connectivity index (χ1n) is 9.24. The lowest BCUT2D eigenvalue weighted by molar-refractivity contribution is 0.0997. The van der Waals surface area contributed by atoms with Crippen LogP contribution in [0.15, 0.2) is 48.8 Å². The van der Waals surface area contributed by atoms with Gasteiger partial charge in [0.2, 0.25) is 0 Å². The molecule has 28 heavy (non-hydrogen) atoms. The molecule has 8 nitrogen and oxygen atoms in total. The van der Waals surface area contributed by atoms with Gasteiger partial charge >= 0.3 is 0 Å². The lowest BCUT2D eigenvalue weighted by Crippen LogP contribution is -2.43. The number of anilines is 2. The molecule has 0 bridgehead atoms. The van der Waals surface area contributed by atoms with Gasteiger partial charge in [0.25, 0.3) is 5.91 Å². The monoisotopic (exact) mass is 377 g/mol. The number of hydrogen-bond acceptors (Lipinski definition) is 6. The number of carbonyl (C=O) groups excluding carboxylic acids is 1. The lowest BCUT2D eigenvalue weighted by atomic mass is 10.1. The normalized spacial score (nSPS) is 16.9. The third kappa shape index (κ3) is 3.18. The van der Waals surface area contributed by atoms with Gasteiger partial charge in [-0.15, -0.1) is 0 Å². The van der Waals surface area contributed by atoms with Crippen LogP contribution in [0.25, 0.3) is 17.1 Å². The number of benzene rings is 1. The van der Waals surface area contributed by atoms with E-state index in [2.05, 4.69) is 14.9 Å². The summed E-state index contributed by atoms with van der Waals surface area (Å²) in [5.41, 5.74) is 20.6. The highest BCUT2D eigenvalue weighted by Gasteiger charge is 2.25. The first kappa shape index (κ1) is 18.0. The minimum atomic E-state index is -0.668. The van der Waals surface area contributed by atoms with E-state index in [1.165, 1.54) is 0 Å². The second-order valence-electron chi connectivity index (χ2n) is 6.95. The van der Waals surface area contributed by atoms with Gasteiger partial charge in [0, 0.05) is 30.9 Å². The van der Waals surface area contributed by atoms with Crippen molar-refractivity contribution >= 4 is 17.4 Å². The second kappa shape index (κ2) is 7.32. The zero-order chi connectivity index (χ0) is 19.7. The maximum Gasteiger partial charge on any atom is 0.271 e. The topological polar surface area (TPSA) is 129 Å². The van der Waals surface area contributed by atoms with Crippen molar-refractivity contribution in [1.29, 1.82) is 0 Å². The van der Waals surface area contributed by atoms with Crippen molar-refractivity contribution in [2.75, 3.05) is 23.7 Å². The lowest BCUT2D eigenvalue weighted by Gasteiger charge is -2.34. The van der Waals surface area contributed by atoms with Crippen LogP contribution in [0, 0.1) is 0 Å². The molecule has 2 aromatic heterocycles. The highest BCUT2D eigenvalue weighted by Crippen LogP contribution is 2.33. The summed E-state index contributed by atoms with van der Waals surface area (Å²) in [5.74, 6) is 0.0724. The van der Waals surface area contributed by atoms with Crippen LogP contribution < -0.4 is 22.1 Å². The number of carbonyl (C=O) groups is 1. The van der Waals surface area contributed by atoms with E-state index in [9.17, 15) is 4.79 Å². The Hall–Kier alpha value is -3.39. The predicted octanol–water partition coefficient (Wildman–Crippen LogP) is 1.54. The Morgan fingerprint density at radius 1 is 1.14 bits per heavy atom. The van der Waals surface area contributed by atoms with Crippen molar-refractivity contribution in [1.82, 2.24) is 14.5 Å². The smallest absolute Gasteiger partial charge is 0.271 e. The van der Waals surface area contributed by atoms with Crippen LogP contribution >= 0.6 is 0 Å². The van der Waals surface area contributed by atoms with Crippen LogP contribution in [0.1, 0.15) is 23.3 Å². The standard InChI is InChI=1S/C20H23N7O/c21-14-7-4-10-26(12-14)15-8-9-24-11-16(15)27-18(22)17(19(23)28)25-20(27)13-5-2-1-3-6-13/h1-3,5-6,8-9,11,14H,4,7,10,12,21-22H2,(H2,23,28)/t14-/m0/s1. The largest absolute Gasteiger partial charge is 0.383 e. The molecule has 0 saturated carbocycles. The molecule has 1 aliphatic heterocycles. The molecule has 0 unspecified atom stereocenters. The van der Waals surface area contributed by atoms with Gasteiger partial charge in [-0.25, -0.2) is 4.98 Å². The Balaban J connectivity index is 1.91. The summed E-state index contributed by atoms with van der Waals surface area (Å²) in [7, 11) is 0. The second-order valence-corrected chi connectivity index (χ2v) is 6.95. The zero-order valence-corrected chi connectivity index (χ0v) is 15.5. The molecule has 1 fully saturated rings. The Bertz CT molecular complexity index is 999. The van der Waals surface area contributed by atoms with Crippen molar-refractivity contribution in [3.63, 3.8) is 0 Å². The molecular formula is C20H23N7O. The first-order valence-corrected chi connectivity index (χ1v) is 9.24. The summed E-state index contributed by atoms with van der Waals surface area (Å²) < 4.78 is 1.75. The molecule has 0 radical (unpaired) electrons. The van der Waals surface area contributed by atoms with Gasteiger partial charge in [0.15, 0.2) is 5.69 Å². The predicted molar refractivity (Wildman–Crippen MR) is 109 cm³/mol. The number of nitrogens with two attached hydrogens (primary N) is 3. The summed E-state index contributed by atoms with van der Waals surface area (Å²) in [6, 6.07) is 11.6. The number of amides is 1. The van der Waals surface area contributed by atoms with E-state index in [1.807, 2.05) is 36.4 Å². The first-order chi connectivity index (χ1) is 13.6. The van der Waals surface area contributed by atoms with Crippen LogP contribution in [0.2, 0.25) is 0 Å². The number of nitrogen functional groups attached to an aromatic ring is 1. The van der Waals surface area contributed by atoms with Gasteiger partial charge in [-0.1, -0.05) is 30.3 Å². The third-order valence-corrected chi connectivity index (χ3v) is 5.00. The number of aromatic nitrogens is 3. The Kier molecular flexibility index (Phi) is 4.70. The fraction of sp³-hybridized carbons (Fsp3) is 0.250. The Morgan fingerprint density at radius 2 is 1.93 bits per heavy atom. The van der Waals surface area contributed by atoms with Crippen molar-refractivity contribution in [3.8, 4) is 17.1 Å². The number of primary amides is 1. The summed E-state index contributed by atoms with van der Waals surface area (Å²) in [6.07, 6.45) is 5.49. The number of imidazole rings is 1. The van der Waals surface area contributed by atoms with Gasteiger partial charge in [-0.05, 0) is 18.9 Å². The van der Waals surface area contributed by atoms with Gasteiger partial charge in [-0.2, -0.15) is 0 Å². The number of pyridine rings is 1. The van der Waals surface area contributed by atoms with Crippen LogP contribution in [-0.2, 0) is 0 Å². The van der Waals surface area contributed by atoms with Crippen molar-refractivity contribution in [2.24, 2.45) is 11.5 Å². The number of piperidine rings is 1. The average molecular weight is 377 g/mol. The molecule has 0 spiro atoms. The van der Waals surface area contributed by atoms with Crippen molar-refractivity contribution in [2.45, 2.75) is 18.9 Å². The summed E-state index contributed by atoms with van der Waals surface area (Å²) in [6.45, 7) is 1.64. The van der Waals surface area contributed by atoms with E-state index < -0.39 is 5.91 Å². The van der Waals surface area contributed by atoms with Crippen LogP contribution in [-0.4, -0.2) is 39.6 Å². The maximum absolute atomic E-state index is 11.9. The van der Waals surface area contributed by atoms with Crippen molar-refractivity contribution in [3.05, 3.63) is 54.5 Å². The van der Waals surface area contributed by atoms with Gasteiger partial charge in [0.05, 0.1) is 17.6 Å². The number of rotatable bonds is 4. The van der Waals surface area contributed by atoms with E-state index >= 15 is 0 Å². The van der Waals surface area contributed by atoms with Gasteiger partial charge in [0.1, 0.15) is 11.6 Å². The molecule has 1 amide bonds.